The molecule has 6 nitrogen and oxygen atoms in total. The van der Waals surface area contributed by atoms with Crippen molar-refractivity contribution >= 4 is 17.7 Å². The first kappa shape index (κ1) is 22.2. The number of benzene rings is 1. The monoisotopic (exact) mass is 441 g/mol. The predicted octanol–water partition coefficient (Wildman–Crippen LogP) is 3.92. The molecule has 1 aliphatic heterocycles. The van der Waals surface area contributed by atoms with Gasteiger partial charge in [0.1, 0.15) is 17.8 Å². The Labute approximate surface area is 186 Å². The number of methoxy groups -OCH3 is 1. The van der Waals surface area contributed by atoms with Crippen molar-refractivity contribution in [3.8, 4) is 0 Å². The number of dihydropyridines is 1. The molecule has 0 unspecified atom stereocenters. The van der Waals surface area contributed by atoms with Gasteiger partial charge in [-0.3, -0.25) is 9.59 Å². The highest BCUT2D eigenvalue weighted by Crippen LogP contribution is 2.46. The molecule has 0 radical (unpaired) electrons. The lowest BCUT2D eigenvalue weighted by Crippen LogP contribution is -2.43. The molecule has 1 saturated carbocycles. The van der Waals surface area contributed by atoms with Gasteiger partial charge in [0.2, 0.25) is 0 Å². The lowest BCUT2D eigenvalue weighted by atomic mass is 9.69. The van der Waals surface area contributed by atoms with E-state index in [-0.39, 0.29) is 28.7 Å². The van der Waals surface area contributed by atoms with Crippen LogP contribution in [0.25, 0.3) is 0 Å². The van der Waals surface area contributed by atoms with Crippen LogP contribution in [0.5, 0.6) is 0 Å². The molecule has 7 heteroatoms. The number of hydrogen-bond acceptors (Lipinski definition) is 6. The van der Waals surface area contributed by atoms with Crippen molar-refractivity contribution in [2.45, 2.75) is 58.0 Å². The number of ether oxygens (including phenoxy) is 2. The van der Waals surface area contributed by atoms with Crippen molar-refractivity contribution in [3.05, 3.63) is 58.2 Å². The van der Waals surface area contributed by atoms with Gasteiger partial charge in [-0.25, -0.2) is 9.18 Å². The van der Waals surface area contributed by atoms with Gasteiger partial charge in [-0.2, -0.15) is 0 Å². The van der Waals surface area contributed by atoms with Gasteiger partial charge in [0, 0.05) is 22.5 Å². The highest BCUT2D eigenvalue weighted by Gasteiger charge is 2.48. The minimum atomic E-state index is -1.000. The van der Waals surface area contributed by atoms with Gasteiger partial charge < -0.3 is 14.8 Å². The first-order valence-corrected chi connectivity index (χ1v) is 11.1. The molecule has 0 saturated heterocycles. The Morgan fingerprint density at radius 2 is 1.84 bits per heavy atom. The lowest BCUT2D eigenvalue weighted by Gasteiger charge is -2.38. The highest BCUT2D eigenvalue weighted by atomic mass is 19.1. The van der Waals surface area contributed by atoms with Gasteiger partial charge in [0.25, 0.3) is 0 Å². The van der Waals surface area contributed by atoms with Gasteiger partial charge in [0.05, 0.1) is 18.6 Å². The number of carbonyl (C=O) groups excluding carboxylic acids is 3. The molecule has 0 spiro atoms. The molecule has 170 valence electrons. The molecule has 0 aromatic heterocycles. The third-order valence-corrected chi connectivity index (χ3v) is 6.76. The van der Waals surface area contributed by atoms with E-state index in [1.165, 1.54) is 13.2 Å². The van der Waals surface area contributed by atoms with Crippen LogP contribution >= 0.6 is 0 Å². The number of carbonyl (C=O) groups is 3. The summed E-state index contributed by atoms with van der Waals surface area (Å²) in [6, 6.07) is 6.11. The van der Waals surface area contributed by atoms with E-state index >= 15 is 4.39 Å². The third-order valence-electron chi connectivity index (χ3n) is 6.76. The number of rotatable bonds is 4. The second-order valence-corrected chi connectivity index (χ2v) is 8.87. The largest absolute Gasteiger partial charge is 0.468 e. The number of esters is 2. The minimum Gasteiger partial charge on any atom is -0.468 e. The fourth-order valence-corrected chi connectivity index (χ4v) is 5.19. The number of nitrogens with one attached hydrogen (secondary N) is 1. The lowest BCUT2D eigenvalue weighted by molar-refractivity contribution is -0.151. The molecule has 2 aliphatic carbocycles. The summed E-state index contributed by atoms with van der Waals surface area (Å²) in [6.07, 6.45) is 3.82. The van der Waals surface area contributed by atoms with Crippen molar-refractivity contribution in [2.24, 2.45) is 11.8 Å². The highest BCUT2D eigenvalue weighted by molar-refractivity contribution is 6.12. The molecular formula is C25H28FNO5. The van der Waals surface area contributed by atoms with Crippen LogP contribution in [0.4, 0.5) is 4.39 Å². The maximum Gasteiger partial charge on any atom is 0.337 e. The molecule has 0 amide bonds. The Morgan fingerprint density at radius 1 is 1.16 bits per heavy atom. The molecule has 1 heterocycles. The first-order chi connectivity index (χ1) is 15.3. The van der Waals surface area contributed by atoms with Crippen LogP contribution in [0.1, 0.15) is 57.4 Å². The average Bonchev–Trinajstić information content (AvgIpc) is 3.25. The zero-order valence-electron chi connectivity index (χ0n) is 18.6. The number of Topliss-reactive ketones (excluding diaryl/α,β-unsaturated/α-hetero) is 1. The van der Waals surface area contributed by atoms with E-state index in [0.29, 0.717) is 17.8 Å². The standard InChI is InChI=1S/C25H28FNO5/c1-13-12-18-22(23(28)19(13)24(29)31-3)21(16-10-6-7-11-17(16)26)20(14(2)27-18)25(30)32-15-8-4-5-9-15/h6-7,10-11,13,15,19,21,27H,4-5,8-9,12H2,1-3H3/t13-,19-,21-/m1/s1. The maximum atomic E-state index is 15.0. The van der Waals surface area contributed by atoms with E-state index in [1.807, 2.05) is 6.92 Å². The SMILES string of the molecule is COC(=O)[C@H]1C(=O)C2=C(C[C@H]1C)NC(C)=C(C(=O)OC1CCCC1)[C@H]2c1ccccc1F. The van der Waals surface area contributed by atoms with Crippen LogP contribution in [0, 0.1) is 17.7 Å². The van der Waals surface area contributed by atoms with Crippen LogP contribution in [0.3, 0.4) is 0 Å². The van der Waals surface area contributed by atoms with E-state index in [2.05, 4.69) is 5.32 Å². The minimum absolute atomic E-state index is 0.177. The van der Waals surface area contributed by atoms with Gasteiger partial charge >= 0.3 is 11.9 Å². The summed E-state index contributed by atoms with van der Waals surface area (Å²) in [5.41, 5.74) is 1.83. The van der Waals surface area contributed by atoms with Crippen LogP contribution in [-0.4, -0.2) is 30.9 Å². The van der Waals surface area contributed by atoms with E-state index in [9.17, 15) is 14.4 Å². The Kier molecular flexibility index (Phi) is 6.17. The van der Waals surface area contributed by atoms with Crippen molar-refractivity contribution < 1.29 is 28.2 Å². The van der Waals surface area contributed by atoms with Gasteiger partial charge in [-0.1, -0.05) is 25.1 Å². The molecule has 1 aromatic carbocycles. The summed E-state index contributed by atoms with van der Waals surface area (Å²) in [5.74, 6) is -4.38. The Bertz CT molecular complexity index is 1020. The molecule has 1 N–H and O–H groups in total. The van der Waals surface area contributed by atoms with Crippen molar-refractivity contribution in [1.29, 1.82) is 0 Å². The quantitative estimate of drug-likeness (QED) is 0.563. The van der Waals surface area contributed by atoms with E-state index < -0.39 is 35.4 Å². The molecule has 3 atom stereocenters. The zero-order valence-corrected chi connectivity index (χ0v) is 18.6. The van der Waals surface area contributed by atoms with E-state index in [1.54, 1.807) is 25.1 Å². The van der Waals surface area contributed by atoms with Gasteiger partial charge in [-0.15, -0.1) is 0 Å². The molecule has 3 aliphatic rings. The fourth-order valence-electron chi connectivity index (χ4n) is 5.19. The number of ketones is 1. The summed E-state index contributed by atoms with van der Waals surface area (Å²) in [5, 5.41) is 3.19. The van der Waals surface area contributed by atoms with Crippen LogP contribution in [-0.2, 0) is 23.9 Å². The second kappa shape index (κ2) is 8.88. The molecule has 0 bridgehead atoms. The van der Waals surface area contributed by atoms with E-state index in [4.69, 9.17) is 9.47 Å². The molecule has 1 fully saturated rings. The molecular weight excluding hydrogens is 413 g/mol. The molecule has 1 aromatic rings. The van der Waals surface area contributed by atoms with Gasteiger partial charge in [-0.05, 0) is 51.0 Å². The Balaban J connectivity index is 1.82. The van der Waals surface area contributed by atoms with Crippen molar-refractivity contribution in [3.63, 3.8) is 0 Å². The fraction of sp³-hybridized carbons (Fsp3) is 0.480. The first-order valence-electron chi connectivity index (χ1n) is 11.1. The topological polar surface area (TPSA) is 81.7 Å². The van der Waals surface area contributed by atoms with E-state index in [0.717, 1.165) is 25.7 Å². The normalized spacial score (nSPS) is 26.0. The smallest absolute Gasteiger partial charge is 0.337 e. The van der Waals surface area contributed by atoms with Crippen molar-refractivity contribution in [2.75, 3.05) is 7.11 Å². The van der Waals surface area contributed by atoms with Crippen LogP contribution in [0.15, 0.2) is 46.8 Å². The molecule has 32 heavy (non-hydrogen) atoms. The zero-order chi connectivity index (χ0) is 23.0. The number of halogens is 1. The van der Waals surface area contributed by atoms with Crippen molar-refractivity contribution in [1.82, 2.24) is 5.32 Å². The predicted molar refractivity (Wildman–Crippen MR) is 115 cm³/mol. The van der Waals surface area contributed by atoms with Crippen LogP contribution < -0.4 is 5.32 Å². The summed E-state index contributed by atoms with van der Waals surface area (Å²) < 4.78 is 25.6. The maximum absolute atomic E-state index is 15.0. The summed E-state index contributed by atoms with van der Waals surface area (Å²) in [7, 11) is 1.24. The van der Waals surface area contributed by atoms with Crippen LogP contribution in [0.2, 0.25) is 0 Å². The Hall–Kier alpha value is -2.96. The summed E-state index contributed by atoms with van der Waals surface area (Å²) in [4.78, 5) is 39.3. The summed E-state index contributed by atoms with van der Waals surface area (Å²) >= 11 is 0. The Morgan fingerprint density at radius 3 is 2.50 bits per heavy atom. The summed E-state index contributed by atoms with van der Waals surface area (Å²) in [6.45, 7) is 3.55. The number of allylic oxidation sites excluding steroid dienone is 3. The molecule has 4 rings (SSSR count). The third kappa shape index (κ3) is 3.85. The van der Waals surface area contributed by atoms with Gasteiger partial charge in [0.15, 0.2) is 5.78 Å². The number of hydrogen-bond donors (Lipinski definition) is 1. The second-order valence-electron chi connectivity index (χ2n) is 8.87. The average molecular weight is 441 g/mol.